The number of pyridine rings is 3. The van der Waals surface area contributed by atoms with Crippen LogP contribution in [0.3, 0.4) is 0 Å². The Morgan fingerprint density at radius 3 is 1.46 bits per heavy atom. The molecule has 10 rings (SSSR count). The van der Waals surface area contributed by atoms with Gasteiger partial charge in [0.15, 0.2) is 17.5 Å². The van der Waals surface area contributed by atoms with Gasteiger partial charge in [-0.3, -0.25) is 4.98 Å². The average Bonchev–Trinajstić information content (AvgIpc) is 3.29. The van der Waals surface area contributed by atoms with E-state index in [4.69, 9.17) is 24.9 Å². The van der Waals surface area contributed by atoms with Crippen LogP contribution in [0.5, 0.6) is 0 Å². The Balaban J connectivity index is 1.10. The summed E-state index contributed by atoms with van der Waals surface area (Å²) in [7, 11) is 0. The number of fused-ring (bicyclic) bond motifs is 3. The van der Waals surface area contributed by atoms with E-state index >= 15 is 0 Å². The van der Waals surface area contributed by atoms with E-state index in [1.54, 1.807) is 12.4 Å². The van der Waals surface area contributed by atoms with Gasteiger partial charge in [0, 0.05) is 51.0 Å². The van der Waals surface area contributed by atoms with E-state index in [1.807, 2.05) is 72.8 Å². The van der Waals surface area contributed by atoms with Gasteiger partial charge in [-0.1, -0.05) is 146 Å². The van der Waals surface area contributed by atoms with Gasteiger partial charge >= 0.3 is 0 Å². The molecule has 4 heterocycles. The highest BCUT2D eigenvalue weighted by molar-refractivity contribution is 6.09. The third-order valence-electron chi connectivity index (χ3n) is 10.0. The van der Waals surface area contributed by atoms with Crippen LogP contribution < -0.4 is 0 Å². The van der Waals surface area contributed by atoms with Crippen LogP contribution in [0.15, 0.2) is 194 Å². The fraction of sp³-hybridized carbons (Fsp3) is 0. The Labute approximate surface area is 324 Å². The molecule has 0 amide bonds. The first-order valence-electron chi connectivity index (χ1n) is 18.5. The quantitative estimate of drug-likeness (QED) is 0.153. The number of benzene rings is 6. The Bertz CT molecular complexity index is 2950. The molecule has 10 aromatic rings. The minimum Gasteiger partial charge on any atom is -0.265 e. The second-order valence-corrected chi connectivity index (χ2v) is 13.6. The lowest BCUT2D eigenvalue weighted by atomic mass is 9.95. The fourth-order valence-electron chi connectivity index (χ4n) is 7.19. The maximum atomic E-state index is 5.38. The van der Waals surface area contributed by atoms with E-state index in [-0.39, 0.29) is 0 Å². The molecular weight excluding hydrogens is 685 g/mol. The fourth-order valence-corrected chi connectivity index (χ4v) is 7.19. The van der Waals surface area contributed by atoms with E-state index in [0.717, 1.165) is 83.3 Å². The summed E-state index contributed by atoms with van der Waals surface area (Å²) in [6.45, 7) is 0. The third kappa shape index (κ3) is 6.35. The smallest absolute Gasteiger partial charge is 0.164 e. The largest absolute Gasteiger partial charge is 0.265 e. The first kappa shape index (κ1) is 32.9. The molecule has 0 N–H and O–H groups in total. The van der Waals surface area contributed by atoms with Crippen molar-refractivity contribution in [3.8, 4) is 78.9 Å². The molecule has 0 bridgehead atoms. The van der Waals surface area contributed by atoms with Gasteiger partial charge < -0.3 is 0 Å². The molecule has 0 aliphatic heterocycles. The van der Waals surface area contributed by atoms with Crippen molar-refractivity contribution in [2.75, 3.05) is 0 Å². The van der Waals surface area contributed by atoms with Crippen molar-refractivity contribution in [2.45, 2.75) is 0 Å². The lowest BCUT2D eigenvalue weighted by molar-refractivity contribution is 1.07. The van der Waals surface area contributed by atoms with Gasteiger partial charge in [0.05, 0.1) is 22.4 Å². The summed E-state index contributed by atoms with van der Waals surface area (Å²) in [5, 5.41) is 2.11. The summed E-state index contributed by atoms with van der Waals surface area (Å²) in [6.07, 6.45) is 3.51. The lowest BCUT2D eigenvalue weighted by Gasteiger charge is -2.14. The van der Waals surface area contributed by atoms with E-state index in [2.05, 4.69) is 114 Å². The molecule has 0 aliphatic carbocycles. The normalized spacial score (nSPS) is 11.2. The standard InChI is InChI=1S/C50H32N6/c1-4-12-33(13-5-1)43-32-45(53-47-42(43)24-22-35-23-25-44(52-46(35)47)34-14-6-2-7-15-34)40-20-10-18-38(30-40)39-19-11-21-41(31-39)50-55-48(36-16-8-3-9-17-36)54-49(56-50)37-26-28-51-29-27-37/h1-32H. The molecule has 6 aromatic carbocycles. The minimum absolute atomic E-state index is 0.596. The Morgan fingerprint density at radius 2 is 0.786 bits per heavy atom. The highest BCUT2D eigenvalue weighted by atomic mass is 15.0. The monoisotopic (exact) mass is 716 g/mol. The van der Waals surface area contributed by atoms with Crippen LogP contribution in [0.25, 0.3) is 101 Å². The second kappa shape index (κ2) is 14.3. The summed E-state index contributed by atoms with van der Waals surface area (Å²) < 4.78 is 0. The number of hydrogen-bond donors (Lipinski definition) is 0. The second-order valence-electron chi connectivity index (χ2n) is 13.6. The molecule has 0 fully saturated rings. The molecule has 0 radical (unpaired) electrons. The Hall–Kier alpha value is -7.70. The average molecular weight is 717 g/mol. The highest BCUT2D eigenvalue weighted by Crippen LogP contribution is 2.37. The number of hydrogen-bond acceptors (Lipinski definition) is 6. The summed E-state index contributed by atoms with van der Waals surface area (Å²) in [5.41, 5.74) is 12.7. The van der Waals surface area contributed by atoms with Gasteiger partial charge in [-0.05, 0) is 58.7 Å². The molecular formula is C50H32N6. The zero-order valence-corrected chi connectivity index (χ0v) is 30.2. The van der Waals surface area contributed by atoms with Crippen LogP contribution in [-0.4, -0.2) is 29.9 Å². The molecule has 6 heteroatoms. The molecule has 0 saturated carbocycles. The lowest BCUT2D eigenvalue weighted by Crippen LogP contribution is -2.00. The number of rotatable bonds is 7. The van der Waals surface area contributed by atoms with Crippen molar-refractivity contribution >= 4 is 21.8 Å². The zero-order chi connectivity index (χ0) is 37.3. The summed E-state index contributed by atoms with van der Waals surface area (Å²) in [4.78, 5) is 29.6. The minimum atomic E-state index is 0.596. The van der Waals surface area contributed by atoms with Crippen LogP contribution in [0.1, 0.15) is 0 Å². The van der Waals surface area contributed by atoms with E-state index < -0.39 is 0 Å². The molecule has 262 valence electrons. The van der Waals surface area contributed by atoms with Gasteiger partial charge in [0.2, 0.25) is 0 Å². The number of aromatic nitrogens is 6. The van der Waals surface area contributed by atoms with Gasteiger partial charge in [-0.25, -0.2) is 24.9 Å². The van der Waals surface area contributed by atoms with Crippen molar-refractivity contribution in [2.24, 2.45) is 0 Å². The molecule has 0 unspecified atom stereocenters. The van der Waals surface area contributed by atoms with Crippen LogP contribution in [-0.2, 0) is 0 Å². The summed E-state index contributed by atoms with van der Waals surface area (Å²) in [5.74, 6) is 1.81. The molecule has 0 atom stereocenters. The van der Waals surface area contributed by atoms with E-state index in [1.165, 1.54) is 0 Å². The Kier molecular flexibility index (Phi) is 8.39. The summed E-state index contributed by atoms with van der Waals surface area (Å²) in [6, 6.07) is 62.4. The van der Waals surface area contributed by atoms with E-state index in [9.17, 15) is 0 Å². The maximum absolute atomic E-state index is 5.38. The van der Waals surface area contributed by atoms with Gasteiger partial charge in [0.1, 0.15) is 0 Å². The molecule has 6 nitrogen and oxygen atoms in total. The van der Waals surface area contributed by atoms with Crippen molar-refractivity contribution in [3.05, 3.63) is 194 Å². The van der Waals surface area contributed by atoms with Crippen molar-refractivity contribution in [1.82, 2.24) is 29.9 Å². The van der Waals surface area contributed by atoms with Gasteiger partial charge in [-0.15, -0.1) is 0 Å². The van der Waals surface area contributed by atoms with Crippen LogP contribution in [0.4, 0.5) is 0 Å². The van der Waals surface area contributed by atoms with Crippen LogP contribution in [0.2, 0.25) is 0 Å². The molecule has 56 heavy (non-hydrogen) atoms. The predicted molar refractivity (Wildman–Crippen MR) is 226 cm³/mol. The SMILES string of the molecule is c1ccc(-c2ccc3ccc4c(-c5ccccc5)cc(-c5cccc(-c6cccc(-c7nc(-c8ccccc8)nc(-c8ccncc8)n7)c6)c5)nc4c3n2)cc1. The van der Waals surface area contributed by atoms with Crippen molar-refractivity contribution in [1.29, 1.82) is 0 Å². The van der Waals surface area contributed by atoms with Crippen LogP contribution in [0, 0.1) is 0 Å². The molecule has 0 saturated heterocycles. The van der Waals surface area contributed by atoms with Gasteiger partial charge in [0.25, 0.3) is 0 Å². The first-order chi connectivity index (χ1) is 27.7. The summed E-state index contributed by atoms with van der Waals surface area (Å²) >= 11 is 0. The molecule has 0 spiro atoms. The maximum Gasteiger partial charge on any atom is 0.164 e. The Morgan fingerprint density at radius 1 is 0.286 bits per heavy atom. The highest BCUT2D eigenvalue weighted by Gasteiger charge is 2.16. The predicted octanol–water partition coefficient (Wildman–Crippen LogP) is 12.0. The van der Waals surface area contributed by atoms with E-state index in [0.29, 0.717) is 17.5 Å². The third-order valence-corrected chi connectivity index (χ3v) is 10.0. The van der Waals surface area contributed by atoms with Gasteiger partial charge in [-0.2, -0.15) is 0 Å². The zero-order valence-electron chi connectivity index (χ0n) is 30.2. The topological polar surface area (TPSA) is 77.3 Å². The molecule has 4 aromatic heterocycles. The van der Waals surface area contributed by atoms with Crippen LogP contribution >= 0.6 is 0 Å². The van der Waals surface area contributed by atoms with Crippen molar-refractivity contribution < 1.29 is 0 Å². The first-order valence-corrected chi connectivity index (χ1v) is 18.5. The number of nitrogens with zero attached hydrogens (tertiary/aromatic N) is 6. The van der Waals surface area contributed by atoms with Crippen molar-refractivity contribution in [3.63, 3.8) is 0 Å². The molecule has 0 aliphatic rings.